The summed E-state index contributed by atoms with van der Waals surface area (Å²) in [7, 11) is 1.43. The highest BCUT2D eigenvalue weighted by Gasteiger charge is 2.15. The molecule has 10 heteroatoms. The molecule has 0 aliphatic carbocycles. The smallest absolute Gasteiger partial charge is 0.305 e. The van der Waals surface area contributed by atoms with Crippen molar-refractivity contribution in [1.82, 2.24) is 20.4 Å². The fourth-order valence-electron chi connectivity index (χ4n) is 10.1. The molecule has 0 bridgehead atoms. The van der Waals surface area contributed by atoms with Crippen LogP contribution in [-0.4, -0.2) is 123 Å². The molecule has 0 heterocycles. The number of esters is 2. The van der Waals surface area contributed by atoms with Crippen molar-refractivity contribution in [3.63, 3.8) is 0 Å². The van der Waals surface area contributed by atoms with E-state index in [1.807, 2.05) is 0 Å². The van der Waals surface area contributed by atoms with E-state index in [1.165, 1.54) is 232 Å². The van der Waals surface area contributed by atoms with E-state index in [0.717, 1.165) is 58.3 Å². The van der Waals surface area contributed by atoms with Gasteiger partial charge in [-0.1, -0.05) is 239 Å². The molecule has 0 aromatic carbocycles. The summed E-state index contributed by atoms with van der Waals surface area (Å²) in [6.07, 6.45) is 52.6. The summed E-state index contributed by atoms with van der Waals surface area (Å²) in [5.41, 5.74) is 0. The Morgan fingerprint density at radius 3 is 0.944 bits per heavy atom. The molecule has 430 valence electrons. The van der Waals surface area contributed by atoms with Gasteiger partial charge in [-0.2, -0.15) is 0 Å². The van der Waals surface area contributed by atoms with Crippen LogP contribution in [0.15, 0.2) is 0 Å². The van der Waals surface area contributed by atoms with Gasteiger partial charge < -0.3 is 40.1 Å². The lowest BCUT2D eigenvalue weighted by molar-refractivity contribution is -0.144. The van der Waals surface area contributed by atoms with Crippen LogP contribution in [0.5, 0.6) is 0 Å². The lowest BCUT2D eigenvalue weighted by Crippen LogP contribution is -2.40. The molecule has 72 heavy (non-hydrogen) atoms. The number of aliphatic hydroxyl groups is 2. The van der Waals surface area contributed by atoms with Gasteiger partial charge in [0.25, 0.3) is 0 Å². The lowest BCUT2D eigenvalue weighted by atomic mass is 10.0. The molecule has 0 saturated heterocycles. The Morgan fingerprint density at radius 2 is 0.639 bits per heavy atom. The number of unbranched alkanes of at least 4 members (excludes halogenated alkanes) is 35. The molecule has 0 radical (unpaired) electrons. The average Bonchev–Trinajstić information content (AvgIpc) is 3.37. The van der Waals surface area contributed by atoms with Gasteiger partial charge in [-0.3, -0.25) is 9.59 Å². The predicted molar refractivity (Wildman–Crippen MR) is 309 cm³/mol. The maximum atomic E-state index is 12.4. The normalized spacial score (nSPS) is 12.6. The van der Waals surface area contributed by atoms with Crippen LogP contribution >= 0.6 is 0 Å². The Bertz CT molecular complexity index is 1090. The monoisotopic (exact) mass is 1020 g/mol. The first kappa shape index (κ1) is 70.7. The third kappa shape index (κ3) is 54.9. The molecular formula is C62H126N4O6. The van der Waals surface area contributed by atoms with E-state index in [1.54, 1.807) is 0 Å². The maximum Gasteiger partial charge on any atom is 0.305 e. The zero-order valence-corrected chi connectivity index (χ0v) is 48.8. The quantitative estimate of drug-likeness (QED) is 0.0346. The topological polar surface area (TPSA) is 124 Å². The second kappa shape index (κ2) is 59.0. The molecule has 0 saturated carbocycles. The highest BCUT2D eigenvalue weighted by Crippen LogP contribution is 2.16. The number of nitrogens with one attached hydrogen (secondary N) is 2. The first-order valence-electron chi connectivity index (χ1n) is 31.8. The van der Waals surface area contributed by atoms with E-state index >= 15 is 0 Å². The predicted octanol–water partition coefficient (Wildman–Crippen LogP) is 15.0. The van der Waals surface area contributed by atoms with Crippen LogP contribution in [0.4, 0.5) is 0 Å². The Kier molecular flexibility index (Phi) is 57.9. The summed E-state index contributed by atoms with van der Waals surface area (Å²) in [6.45, 7) is 15.1. The molecular weight excluding hydrogens is 897 g/mol. The minimum absolute atomic E-state index is 0.101. The second-order valence-corrected chi connectivity index (χ2v) is 22.0. The minimum atomic E-state index is -0.456. The Hall–Kier alpha value is -1.30. The fourth-order valence-corrected chi connectivity index (χ4v) is 10.1. The van der Waals surface area contributed by atoms with Gasteiger partial charge in [0.2, 0.25) is 0 Å². The minimum Gasteiger partial charge on any atom is -0.469 e. The maximum absolute atomic E-state index is 12.4. The van der Waals surface area contributed by atoms with Crippen molar-refractivity contribution in [2.75, 3.05) is 79.2 Å². The number of carbonyl (C=O) groups is 2. The Morgan fingerprint density at radius 1 is 0.375 bits per heavy atom. The van der Waals surface area contributed by atoms with Crippen molar-refractivity contribution in [2.45, 2.75) is 309 Å². The van der Waals surface area contributed by atoms with Gasteiger partial charge in [0, 0.05) is 39.0 Å². The zero-order valence-electron chi connectivity index (χ0n) is 48.8. The van der Waals surface area contributed by atoms with Crippen molar-refractivity contribution in [2.24, 2.45) is 0 Å². The van der Waals surface area contributed by atoms with Crippen LogP contribution in [0.1, 0.15) is 297 Å². The van der Waals surface area contributed by atoms with Gasteiger partial charge in [-0.25, -0.2) is 0 Å². The number of methoxy groups -OCH3 is 1. The molecule has 0 rings (SSSR count). The molecule has 10 nitrogen and oxygen atoms in total. The molecule has 0 fully saturated rings. The van der Waals surface area contributed by atoms with Gasteiger partial charge in [0.1, 0.15) is 0 Å². The SMILES string of the molecule is CCCCCCCCCCCCCCCOC(=O)CCCNCC(O)CN(CCCCCCCCCCCCCC)CCCCN(CCCCCCCCCCCCCC)CC(O)CNCCCC(=O)OC. The van der Waals surface area contributed by atoms with Crippen molar-refractivity contribution >= 4 is 11.9 Å². The van der Waals surface area contributed by atoms with Crippen LogP contribution in [0.2, 0.25) is 0 Å². The third-order valence-corrected chi connectivity index (χ3v) is 14.8. The number of carbonyl (C=O) groups excluding carboxylic acids is 2. The molecule has 0 spiro atoms. The molecule has 2 unspecified atom stereocenters. The standard InChI is InChI=1S/C62H126N4O6/c1-5-8-11-14-17-20-23-26-29-32-35-38-43-54-72-62(70)47-45-49-64-56-60(68)58-66(51-40-37-34-31-28-25-22-19-16-13-10-7-3)53-42-41-52-65(57-59(67)55-63-48-44-46-61(69)71-4)50-39-36-33-30-27-24-21-18-15-12-9-6-2/h59-60,63-64,67-68H,5-58H2,1-4H3. The number of aliphatic hydroxyl groups excluding tert-OH is 2. The summed E-state index contributed by atoms with van der Waals surface area (Å²) in [4.78, 5) is 28.9. The highest BCUT2D eigenvalue weighted by atomic mass is 16.5. The van der Waals surface area contributed by atoms with Gasteiger partial charge >= 0.3 is 11.9 Å². The first-order valence-corrected chi connectivity index (χ1v) is 31.8. The van der Waals surface area contributed by atoms with Crippen molar-refractivity contribution in [3.05, 3.63) is 0 Å². The average molecular weight is 1020 g/mol. The van der Waals surface area contributed by atoms with E-state index < -0.39 is 12.2 Å². The van der Waals surface area contributed by atoms with Crippen molar-refractivity contribution in [3.8, 4) is 0 Å². The van der Waals surface area contributed by atoms with E-state index in [2.05, 4.69) is 41.2 Å². The van der Waals surface area contributed by atoms with E-state index in [4.69, 9.17) is 9.47 Å². The summed E-state index contributed by atoms with van der Waals surface area (Å²) >= 11 is 0. The summed E-state index contributed by atoms with van der Waals surface area (Å²) in [5, 5.41) is 29.0. The van der Waals surface area contributed by atoms with Crippen LogP contribution in [0, 0.1) is 0 Å². The van der Waals surface area contributed by atoms with Crippen LogP contribution in [0.25, 0.3) is 0 Å². The lowest BCUT2D eigenvalue weighted by Gasteiger charge is -2.27. The highest BCUT2D eigenvalue weighted by molar-refractivity contribution is 5.69. The zero-order chi connectivity index (χ0) is 52.5. The van der Waals surface area contributed by atoms with E-state index in [9.17, 15) is 19.8 Å². The summed E-state index contributed by atoms with van der Waals surface area (Å²) in [5.74, 6) is -0.290. The summed E-state index contributed by atoms with van der Waals surface area (Å²) < 4.78 is 10.3. The largest absolute Gasteiger partial charge is 0.469 e. The van der Waals surface area contributed by atoms with E-state index in [-0.39, 0.29) is 11.9 Å². The number of hydrogen-bond acceptors (Lipinski definition) is 10. The molecule has 0 aliphatic heterocycles. The number of rotatable bonds is 61. The number of ether oxygens (including phenoxy) is 2. The van der Waals surface area contributed by atoms with E-state index in [0.29, 0.717) is 65.1 Å². The first-order chi connectivity index (χ1) is 35.4. The van der Waals surface area contributed by atoms with Crippen LogP contribution in [0.3, 0.4) is 0 Å². The Balaban J connectivity index is 4.81. The molecule has 2 atom stereocenters. The van der Waals surface area contributed by atoms with Crippen molar-refractivity contribution < 1.29 is 29.3 Å². The van der Waals surface area contributed by atoms with Gasteiger partial charge in [-0.15, -0.1) is 0 Å². The molecule has 0 amide bonds. The summed E-state index contributed by atoms with van der Waals surface area (Å²) in [6, 6.07) is 0. The number of hydrogen-bond donors (Lipinski definition) is 4. The fraction of sp³-hybridized carbons (Fsp3) is 0.968. The van der Waals surface area contributed by atoms with Crippen molar-refractivity contribution in [1.29, 1.82) is 0 Å². The molecule has 4 N–H and O–H groups in total. The van der Waals surface area contributed by atoms with Gasteiger partial charge in [-0.05, 0) is 84.2 Å². The molecule has 0 aromatic rings. The molecule has 0 aromatic heterocycles. The third-order valence-electron chi connectivity index (χ3n) is 14.8. The second-order valence-electron chi connectivity index (χ2n) is 22.0. The Labute approximate surface area is 448 Å². The number of nitrogens with zero attached hydrogens (tertiary/aromatic N) is 2. The van der Waals surface area contributed by atoms with Gasteiger partial charge in [0.15, 0.2) is 0 Å². The molecule has 0 aliphatic rings. The van der Waals surface area contributed by atoms with Crippen LogP contribution < -0.4 is 10.6 Å². The van der Waals surface area contributed by atoms with Gasteiger partial charge in [0.05, 0.1) is 25.9 Å². The van der Waals surface area contributed by atoms with Crippen LogP contribution in [-0.2, 0) is 19.1 Å².